The van der Waals surface area contributed by atoms with Crippen LogP contribution < -0.4 is 10.7 Å². The number of pyridine rings is 2. The maximum absolute atomic E-state index is 13.5. The molecule has 8 nitrogen and oxygen atoms in total. The Morgan fingerprint density at radius 3 is 2.46 bits per heavy atom. The van der Waals surface area contributed by atoms with E-state index in [2.05, 4.69) is 42.9 Å². The van der Waals surface area contributed by atoms with Gasteiger partial charge in [-0.2, -0.15) is 5.10 Å². The van der Waals surface area contributed by atoms with E-state index in [-0.39, 0.29) is 11.7 Å². The zero-order valence-corrected chi connectivity index (χ0v) is 21.7. The molecule has 39 heavy (non-hydrogen) atoms. The minimum atomic E-state index is -0.515. The number of carbonyl (C=O) groups is 1. The van der Waals surface area contributed by atoms with Crippen LogP contribution in [0, 0.1) is 11.2 Å². The smallest absolute Gasteiger partial charge is 0.229 e. The molecule has 1 amide bonds. The van der Waals surface area contributed by atoms with E-state index in [1.54, 1.807) is 36.9 Å². The highest BCUT2D eigenvalue weighted by molar-refractivity contribution is 6.14. The van der Waals surface area contributed by atoms with Crippen molar-refractivity contribution in [2.75, 3.05) is 5.32 Å². The lowest BCUT2D eigenvalue weighted by atomic mass is 9.95. The highest BCUT2D eigenvalue weighted by Gasteiger charge is 2.23. The van der Waals surface area contributed by atoms with Crippen molar-refractivity contribution in [2.45, 2.75) is 27.3 Å². The fraction of sp³-hybridized carbons (Fsp3) is 0.167. The molecule has 4 heterocycles. The molecule has 1 aliphatic rings. The number of H-pyrrole nitrogens is 1. The number of hydrogen-bond donors (Lipinski definition) is 3. The van der Waals surface area contributed by atoms with Gasteiger partial charge in [-0.05, 0) is 41.0 Å². The van der Waals surface area contributed by atoms with E-state index in [0.29, 0.717) is 23.8 Å². The molecule has 194 valence electrons. The largest absolute Gasteiger partial charge is 0.335 e. The lowest BCUT2D eigenvalue weighted by molar-refractivity contribution is -0.123. The number of amides is 1. The Morgan fingerprint density at radius 2 is 1.67 bits per heavy atom. The Hall–Kier alpha value is -4.92. The fourth-order valence-electron chi connectivity index (χ4n) is 4.45. The van der Waals surface area contributed by atoms with Crippen LogP contribution in [0.1, 0.15) is 37.7 Å². The van der Waals surface area contributed by atoms with Crippen molar-refractivity contribution in [2.24, 2.45) is 10.5 Å². The number of hydrazone groups is 1. The third-order valence-corrected chi connectivity index (χ3v) is 6.61. The number of aromatic amines is 1. The van der Waals surface area contributed by atoms with Crippen LogP contribution in [0.25, 0.3) is 33.3 Å². The molecule has 0 radical (unpaired) electrons. The first-order valence-electron chi connectivity index (χ1n) is 12.6. The van der Waals surface area contributed by atoms with Gasteiger partial charge in [0.15, 0.2) is 5.82 Å². The van der Waals surface area contributed by atoms with Crippen molar-refractivity contribution in [1.29, 1.82) is 0 Å². The van der Waals surface area contributed by atoms with E-state index in [9.17, 15) is 9.18 Å². The van der Waals surface area contributed by atoms with E-state index >= 15 is 0 Å². The number of rotatable bonds is 4. The van der Waals surface area contributed by atoms with Gasteiger partial charge in [0.2, 0.25) is 5.91 Å². The first-order chi connectivity index (χ1) is 18.8. The van der Waals surface area contributed by atoms with E-state index in [4.69, 9.17) is 4.98 Å². The molecule has 1 aliphatic heterocycles. The van der Waals surface area contributed by atoms with E-state index in [0.717, 1.165) is 44.4 Å². The molecule has 0 saturated heterocycles. The van der Waals surface area contributed by atoms with Crippen molar-refractivity contribution in [3.05, 3.63) is 96.1 Å². The molecular formula is C30H26FN7O. The number of carbonyl (C=O) groups excluding carboxylic acids is 1. The Kier molecular flexibility index (Phi) is 5.91. The summed E-state index contributed by atoms with van der Waals surface area (Å²) in [7, 11) is 0. The Bertz CT molecular complexity index is 1750. The maximum Gasteiger partial charge on any atom is 0.229 e. The monoisotopic (exact) mass is 519 g/mol. The van der Waals surface area contributed by atoms with Crippen LogP contribution in [0.3, 0.4) is 0 Å². The van der Waals surface area contributed by atoms with Gasteiger partial charge < -0.3 is 15.7 Å². The molecule has 0 spiro atoms. The van der Waals surface area contributed by atoms with Gasteiger partial charge in [-0.15, -0.1) is 0 Å². The van der Waals surface area contributed by atoms with Crippen LogP contribution in [0.15, 0.2) is 78.4 Å². The van der Waals surface area contributed by atoms with Crippen LogP contribution >= 0.6 is 0 Å². The van der Waals surface area contributed by atoms with Crippen molar-refractivity contribution < 1.29 is 9.18 Å². The van der Waals surface area contributed by atoms with E-state index < -0.39 is 5.41 Å². The van der Waals surface area contributed by atoms with Gasteiger partial charge in [0.05, 0.1) is 35.7 Å². The van der Waals surface area contributed by atoms with Crippen LogP contribution in [-0.4, -0.2) is 31.6 Å². The molecule has 5 aromatic rings. The molecule has 0 fully saturated rings. The number of nitrogens with zero attached hydrogens (tertiary/aromatic N) is 4. The van der Waals surface area contributed by atoms with Gasteiger partial charge in [0, 0.05) is 34.5 Å². The molecule has 0 saturated carbocycles. The first kappa shape index (κ1) is 24.4. The second-order valence-electron chi connectivity index (χ2n) is 10.5. The van der Waals surface area contributed by atoms with Gasteiger partial charge in [-0.1, -0.05) is 45.0 Å². The molecule has 3 N–H and O–H groups in total. The number of nitrogens with one attached hydrogen (secondary N) is 3. The predicted molar refractivity (Wildman–Crippen MR) is 150 cm³/mol. The number of benzene rings is 2. The minimum Gasteiger partial charge on any atom is -0.335 e. The highest BCUT2D eigenvalue weighted by atomic mass is 19.1. The zero-order chi connectivity index (χ0) is 27.1. The van der Waals surface area contributed by atoms with E-state index in [1.165, 1.54) is 12.1 Å². The molecule has 0 unspecified atom stereocenters. The summed E-state index contributed by atoms with van der Waals surface area (Å²) in [5.41, 5.74) is 10.8. The standard InChI is InChI=1S/C30H26FN7O/c1-30(2,3)29(39)35-22-10-20(12-32-14-22)18-4-5-19-13-34-38-27(23(19)11-18)28-36-25-16-33-15-24(26(25)37-28)17-6-8-21(31)9-7-17/h4-12,14-16,34H,13H2,1-3H3,(H,35,39)(H,36,37). The highest BCUT2D eigenvalue weighted by Crippen LogP contribution is 2.30. The van der Waals surface area contributed by atoms with Crippen molar-refractivity contribution >= 4 is 28.3 Å². The summed E-state index contributed by atoms with van der Waals surface area (Å²) in [6.45, 7) is 6.19. The quantitative estimate of drug-likeness (QED) is 0.284. The number of imidazole rings is 1. The third-order valence-electron chi connectivity index (χ3n) is 6.61. The number of halogens is 1. The fourth-order valence-corrected chi connectivity index (χ4v) is 4.45. The number of hydrogen-bond acceptors (Lipinski definition) is 6. The average molecular weight is 520 g/mol. The van der Waals surface area contributed by atoms with Crippen LogP contribution in [0.4, 0.5) is 10.1 Å². The summed E-state index contributed by atoms with van der Waals surface area (Å²) in [5, 5.41) is 7.55. The number of fused-ring (bicyclic) bond motifs is 2. The summed E-state index contributed by atoms with van der Waals surface area (Å²) < 4.78 is 13.5. The summed E-state index contributed by atoms with van der Waals surface area (Å²) in [4.78, 5) is 29.4. The van der Waals surface area contributed by atoms with Gasteiger partial charge in [-0.25, -0.2) is 9.37 Å². The Balaban J connectivity index is 1.37. The molecule has 0 atom stereocenters. The Morgan fingerprint density at radius 1 is 0.897 bits per heavy atom. The molecule has 3 aromatic heterocycles. The predicted octanol–water partition coefficient (Wildman–Crippen LogP) is 5.67. The minimum absolute atomic E-state index is 0.0771. The Labute approximate surface area is 224 Å². The second-order valence-corrected chi connectivity index (χ2v) is 10.5. The third kappa shape index (κ3) is 4.74. The number of anilines is 1. The molecule has 2 aromatic carbocycles. The molecule has 0 aliphatic carbocycles. The van der Waals surface area contributed by atoms with Crippen LogP contribution in [0.5, 0.6) is 0 Å². The van der Waals surface area contributed by atoms with E-state index in [1.807, 2.05) is 32.9 Å². The van der Waals surface area contributed by atoms with Crippen molar-refractivity contribution in [3.63, 3.8) is 0 Å². The van der Waals surface area contributed by atoms with Crippen molar-refractivity contribution in [3.8, 4) is 22.3 Å². The lowest BCUT2D eigenvalue weighted by Crippen LogP contribution is -2.27. The van der Waals surface area contributed by atoms with Gasteiger partial charge >= 0.3 is 0 Å². The average Bonchev–Trinajstić information content (AvgIpc) is 3.37. The molecular weight excluding hydrogens is 493 g/mol. The maximum atomic E-state index is 13.5. The molecule has 0 bridgehead atoms. The molecule has 9 heteroatoms. The normalized spacial score (nSPS) is 13.0. The lowest BCUT2D eigenvalue weighted by Gasteiger charge is -2.19. The van der Waals surface area contributed by atoms with Gasteiger partial charge in [0.25, 0.3) is 0 Å². The number of aromatic nitrogens is 4. The second kappa shape index (κ2) is 9.43. The summed E-state index contributed by atoms with van der Waals surface area (Å²) in [5.74, 6) is 0.219. The van der Waals surface area contributed by atoms with Crippen molar-refractivity contribution in [1.82, 2.24) is 25.4 Å². The van der Waals surface area contributed by atoms with Crippen LogP contribution in [-0.2, 0) is 11.3 Å². The van der Waals surface area contributed by atoms with Gasteiger partial charge in [0.1, 0.15) is 11.5 Å². The summed E-state index contributed by atoms with van der Waals surface area (Å²) >= 11 is 0. The topological polar surface area (TPSA) is 108 Å². The first-order valence-corrected chi connectivity index (χ1v) is 12.6. The summed E-state index contributed by atoms with van der Waals surface area (Å²) in [6.07, 6.45) is 6.86. The zero-order valence-electron chi connectivity index (χ0n) is 21.7. The SMILES string of the molecule is CC(C)(C)C(=O)Nc1cncc(-c2ccc3c(c2)C(c2nc4c(-c5ccc(F)cc5)cncc4[nH]2)=NNC3)c1. The summed E-state index contributed by atoms with van der Waals surface area (Å²) in [6, 6.07) is 14.3. The van der Waals surface area contributed by atoms with Gasteiger partial charge in [-0.3, -0.25) is 14.8 Å². The molecule has 6 rings (SSSR count). The van der Waals surface area contributed by atoms with Crippen LogP contribution in [0.2, 0.25) is 0 Å².